The van der Waals surface area contributed by atoms with Crippen LogP contribution in [0.1, 0.15) is 21.7 Å². The van der Waals surface area contributed by atoms with Gasteiger partial charge in [-0.3, -0.25) is 4.79 Å². The Bertz CT molecular complexity index is 893. The zero-order chi connectivity index (χ0) is 17.3. The first-order chi connectivity index (χ1) is 11.5. The van der Waals surface area contributed by atoms with Crippen LogP contribution in [0.15, 0.2) is 33.5 Å². The van der Waals surface area contributed by atoms with E-state index in [0.717, 1.165) is 6.08 Å². The van der Waals surface area contributed by atoms with Crippen LogP contribution in [0.5, 0.6) is 23.0 Å². The zero-order valence-corrected chi connectivity index (χ0v) is 13.0. The van der Waals surface area contributed by atoms with Crippen molar-refractivity contribution >= 4 is 11.9 Å². The number of hydrogen-bond donors (Lipinski definition) is 1. The number of carbonyl (C=O) groups is 1. The lowest BCUT2D eigenvalue weighted by atomic mass is 10.1. The van der Waals surface area contributed by atoms with Crippen LogP contribution in [-0.4, -0.2) is 24.8 Å². The second-order valence-electron chi connectivity index (χ2n) is 5.06. The molecule has 1 aliphatic heterocycles. The SMILES string of the molecule is COc1cc(C=CC(=O)c2c(O)cc(C)oc2=O)cc2c1OCO2. The number of carbonyl (C=O) groups excluding carboxylic acids is 1. The van der Waals surface area contributed by atoms with E-state index in [-0.39, 0.29) is 12.6 Å². The summed E-state index contributed by atoms with van der Waals surface area (Å²) in [7, 11) is 1.49. The molecular weight excluding hydrogens is 316 g/mol. The van der Waals surface area contributed by atoms with Gasteiger partial charge in [-0.05, 0) is 30.7 Å². The van der Waals surface area contributed by atoms with Crippen molar-refractivity contribution in [3.8, 4) is 23.0 Å². The first-order valence-corrected chi connectivity index (χ1v) is 7.03. The number of fused-ring (bicyclic) bond motifs is 1. The Kier molecular flexibility index (Phi) is 3.99. The lowest BCUT2D eigenvalue weighted by Gasteiger charge is -2.05. The second-order valence-corrected chi connectivity index (χ2v) is 5.06. The summed E-state index contributed by atoms with van der Waals surface area (Å²) in [6, 6.07) is 4.55. The van der Waals surface area contributed by atoms with Crippen molar-refractivity contribution in [2.75, 3.05) is 13.9 Å². The van der Waals surface area contributed by atoms with Gasteiger partial charge < -0.3 is 23.7 Å². The van der Waals surface area contributed by atoms with Gasteiger partial charge >= 0.3 is 5.63 Å². The maximum absolute atomic E-state index is 12.2. The van der Waals surface area contributed by atoms with Crippen molar-refractivity contribution < 1.29 is 28.5 Å². The highest BCUT2D eigenvalue weighted by Crippen LogP contribution is 2.42. The number of allylic oxidation sites excluding steroid dienone is 1. The average Bonchev–Trinajstić information content (AvgIpc) is 2.99. The summed E-state index contributed by atoms with van der Waals surface area (Å²) in [5.41, 5.74) is -0.685. The molecule has 24 heavy (non-hydrogen) atoms. The fourth-order valence-corrected chi connectivity index (χ4v) is 2.32. The maximum Gasteiger partial charge on any atom is 0.351 e. The molecule has 124 valence electrons. The third-order valence-corrected chi connectivity index (χ3v) is 3.41. The second kappa shape index (κ2) is 6.11. The Morgan fingerprint density at radius 3 is 2.79 bits per heavy atom. The van der Waals surface area contributed by atoms with Crippen molar-refractivity contribution in [3.63, 3.8) is 0 Å². The quantitative estimate of drug-likeness (QED) is 0.679. The molecule has 0 radical (unpaired) electrons. The van der Waals surface area contributed by atoms with Gasteiger partial charge in [0.25, 0.3) is 0 Å². The third-order valence-electron chi connectivity index (χ3n) is 3.41. The van der Waals surface area contributed by atoms with E-state index in [9.17, 15) is 14.7 Å². The zero-order valence-electron chi connectivity index (χ0n) is 13.0. The number of aryl methyl sites for hydroxylation is 1. The molecule has 2 heterocycles. The summed E-state index contributed by atoms with van der Waals surface area (Å²) in [5, 5.41) is 9.78. The van der Waals surface area contributed by atoms with E-state index < -0.39 is 22.7 Å². The Morgan fingerprint density at radius 1 is 1.29 bits per heavy atom. The van der Waals surface area contributed by atoms with E-state index in [1.165, 1.54) is 26.2 Å². The highest BCUT2D eigenvalue weighted by Gasteiger charge is 2.20. The van der Waals surface area contributed by atoms with E-state index in [1.807, 2.05) is 0 Å². The van der Waals surface area contributed by atoms with Gasteiger partial charge in [-0.2, -0.15) is 0 Å². The first kappa shape index (κ1) is 15.7. The highest BCUT2D eigenvalue weighted by molar-refractivity contribution is 6.08. The number of rotatable bonds is 4. The number of hydrogen-bond acceptors (Lipinski definition) is 7. The van der Waals surface area contributed by atoms with Crippen LogP contribution < -0.4 is 19.8 Å². The molecule has 1 aliphatic rings. The van der Waals surface area contributed by atoms with E-state index in [2.05, 4.69) is 0 Å². The van der Waals surface area contributed by atoms with Crippen molar-refractivity contribution in [2.24, 2.45) is 0 Å². The Labute approximate surface area is 136 Å². The van der Waals surface area contributed by atoms with E-state index in [0.29, 0.717) is 22.8 Å². The molecule has 0 atom stereocenters. The van der Waals surface area contributed by atoms with Gasteiger partial charge in [-0.25, -0.2) is 4.79 Å². The molecule has 7 heteroatoms. The van der Waals surface area contributed by atoms with Gasteiger partial charge in [0.2, 0.25) is 12.5 Å². The molecule has 0 bridgehead atoms. The number of ether oxygens (including phenoxy) is 3. The summed E-state index contributed by atoms with van der Waals surface area (Å²) in [6.45, 7) is 1.60. The van der Waals surface area contributed by atoms with Gasteiger partial charge in [0.15, 0.2) is 17.3 Å². The summed E-state index contributed by atoms with van der Waals surface area (Å²) in [5.74, 6) is 0.602. The Hall–Kier alpha value is -3.22. The molecule has 7 nitrogen and oxygen atoms in total. The van der Waals surface area contributed by atoms with Crippen LogP contribution >= 0.6 is 0 Å². The van der Waals surface area contributed by atoms with Crippen LogP contribution in [0.2, 0.25) is 0 Å². The van der Waals surface area contributed by atoms with E-state index in [1.54, 1.807) is 12.1 Å². The van der Waals surface area contributed by atoms with Crippen molar-refractivity contribution in [2.45, 2.75) is 6.92 Å². The largest absolute Gasteiger partial charge is 0.507 e. The topological polar surface area (TPSA) is 95.2 Å². The molecule has 1 N–H and O–H groups in total. The molecule has 1 aromatic carbocycles. The first-order valence-electron chi connectivity index (χ1n) is 7.03. The van der Waals surface area contributed by atoms with Crippen LogP contribution in [-0.2, 0) is 0 Å². The van der Waals surface area contributed by atoms with Gasteiger partial charge in [-0.15, -0.1) is 0 Å². The number of benzene rings is 1. The molecule has 3 rings (SSSR count). The minimum absolute atomic E-state index is 0.0933. The fourth-order valence-electron chi connectivity index (χ4n) is 2.32. The summed E-state index contributed by atoms with van der Waals surface area (Å²) >= 11 is 0. The molecule has 2 aromatic rings. The molecule has 0 unspecified atom stereocenters. The maximum atomic E-state index is 12.2. The van der Waals surface area contributed by atoms with Gasteiger partial charge in [-0.1, -0.05) is 6.08 Å². The summed E-state index contributed by atoms with van der Waals surface area (Å²) < 4.78 is 20.6. The van der Waals surface area contributed by atoms with Gasteiger partial charge in [0, 0.05) is 6.07 Å². The average molecular weight is 330 g/mol. The van der Waals surface area contributed by atoms with Gasteiger partial charge in [0.1, 0.15) is 17.1 Å². The minimum Gasteiger partial charge on any atom is -0.507 e. The number of aromatic hydroxyl groups is 1. The van der Waals surface area contributed by atoms with Crippen LogP contribution in [0.3, 0.4) is 0 Å². The fraction of sp³-hybridized carbons (Fsp3) is 0.176. The summed E-state index contributed by atoms with van der Waals surface area (Å²) in [4.78, 5) is 23.9. The van der Waals surface area contributed by atoms with Crippen LogP contribution in [0.25, 0.3) is 6.08 Å². The van der Waals surface area contributed by atoms with E-state index >= 15 is 0 Å². The predicted molar refractivity (Wildman–Crippen MR) is 83.9 cm³/mol. The molecule has 0 saturated heterocycles. The van der Waals surface area contributed by atoms with Crippen molar-refractivity contribution in [3.05, 3.63) is 51.6 Å². The lowest BCUT2D eigenvalue weighted by Crippen LogP contribution is -2.12. The Morgan fingerprint density at radius 2 is 2.08 bits per heavy atom. The molecule has 1 aromatic heterocycles. The lowest BCUT2D eigenvalue weighted by molar-refractivity contribution is 0.104. The molecule has 0 aliphatic carbocycles. The predicted octanol–water partition coefficient (Wildman–Crippen LogP) is 2.29. The minimum atomic E-state index is -0.884. The van der Waals surface area contributed by atoms with Gasteiger partial charge in [0.05, 0.1) is 7.11 Å². The molecule has 0 amide bonds. The van der Waals surface area contributed by atoms with Crippen molar-refractivity contribution in [1.29, 1.82) is 0 Å². The smallest absolute Gasteiger partial charge is 0.351 e. The summed E-state index contributed by atoms with van der Waals surface area (Å²) in [6.07, 6.45) is 2.64. The molecule has 0 saturated carbocycles. The third kappa shape index (κ3) is 2.83. The Balaban J connectivity index is 1.92. The van der Waals surface area contributed by atoms with Crippen LogP contribution in [0, 0.1) is 6.92 Å². The normalized spacial score (nSPS) is 12.6. The molecule has 0 fully saturated rings. The highest BCUT2D eigenvalue weighted by atomic mass is 16.7. The molecular formula is C17H14O7. The number of methoxy groups -OCH3 is 1. The standard InChI is InChI=1S/C17H14O7/c1-9-5-12(19)15(17(20)24-9)11(18)4-3-10-6-13(21-2)16-14(7-10)22-8-23-16/h3-7,19H,8H2,1-2H3. The van der Waals surface area contributed by atoms with Crippen LogP contribution in [0.4, 0.5) is 0 Å². The number of ketones is 1. The van der Waals surface area contributed by atoms with E-state index in [4.69, 9.17) is 18.6 Å². The monoisotopic (exact) mass is 330 g/mol. The molecule has 0 spiro atoms. The van der Waals surface area contributed by atoms with Crippen molar-refractivity contribution in [1.82, 2.24) is 0 Å².